The van der Waals surface area contributed by atoms with Crippen molar-refractivity contribution in [2.45, 2.75) is 64.2 Å². The van der Waals surface area contributed by atoms with E-state index in [9.17, 15) is 4.79 Å². The molecule has 0 spiro atoms. The second-order valence-corrected chi connectivity index (χ2v) is 10.6. The Kier molecular flexibility index (Phi) is 4.57. The Morgan fingerprint density at radius 1 is 1.16 bits per heavy atom. The first-order valence-electron chi connectivity index (χ1n) is 11.2. The summed E-state index contributed by atoms with van der Waals surface area (Å²) in [5.74, 6) is 0.346. The zero-order chi connectivity index (χ0) is 22.1. The highest BCUT2D eigenvalue weighted by atomic mass is 35.5. The maximum Gasteiger partial charge on any atom is 0.312 e. The number of benzene rings is 2. The quantitative estimate of drug-likeness (QED) is 0.428. The maximum absolute atomic E-state index is 13.2. The highest BCUT2D eigenvalue weighted by Crippen LogP contribution is 2.64. The molecule has 2 aliphatic carbocycles. The van der Waals surface area contributed by atoms with E-state index in [1.165, 1.54) is 29.4 Å². The number of halogens is 1. The first-order chi connectivity index (χ1) is 14.7. The molecule has 1 unspecified atom stereocenters. The van der Waals surface area contributed by atoms with Crippen molar-refractivity contribution >= 4 is 28.5 Å². The first-order valence-corrected chi connectivity index (χ1v) is 11.6. The van der Waals surface area contributed by atoms with E-state index in [1.54, 1.807) is 0 Å². The molecule has 3 nitrogen and oxygen atoms in total. The molecule has 0 aliphatic heterocycles. The molecule has 3 aromatic rings. The van der Waals surface area contributed by atoms with Crippen molar-refractivity contribution in [1.29, 1.82) is 0 Å². The summed E-state index contributed by atoms with van der Waals surface area (Å²) in [6.45, 7) is 8.91. The standard InChI is InChI=1S/C27H30ClNO2/c1-15(2)16-7-9-20-18(13-16)23-22(19-14-17(28)8-10-21(19)29-23)24-26(20,3)11-6-12-27(24,4)25(30)31-5/h7-10,13-15,24,29H,6,11-12H2,1-5H3/t24?,26-,27-/m1/s1. The number of carbonyl (C=O) groups is 1. The van der Waals surface area contributed by atoms with Crippen molar-refractivity contribution in [2.75, 3.05) is 7.11 Å². The number of nitrogens with one attached hydrogen (secondary N) is 1. The Labute approximate surface area is 189 Å². The number of carbonyl (C=O) groups excluding carboxylic acids is 1. The number of hydrogen-bond donors (Lipinski definition) is 1. The summed E-state index contributed by atoms with van der Waals surface area (Å²) in [6.07, 6.45) is 2.87. The molecule has 1 heterocycles. The Morgan fingerprint density at radius 3 is 2.65 bits per heavy atom. The molecule has 1 fully saturated rings. The molecule has 0 radical (unpaired) electrons. The normalized spacial score (nSPS) is 27.0. The summed E-state index contributed by atoms with van der Waals surface area (Å²) in [7, 11) is 1.51. The zero-order valence-corrected chi connectivity index (χ0v) is 19.7. The number of ether oxygens (including phenoxy) is 1. The fourth-order valence-electron chi connectivity index (χ4n) is 6.52. The number of fused-ring (bicyclic) bond motifs is 8. The summed E-state index contributed by atoms with van der Waals surface area (Å²) in [5, 5.41) is 1.84. The van der Waals surface area contributed by atoms with E-state index < -0.39 is 5.41 Å². The van der Waals surface area contributed by atoms with Crippen LogP contribution < -0.4 is 0 Å². The molecule has 3 atom stereocenters. The predicted molar refractivity (Wildman–Crippen MR) is 127 cm³/mol. The van der Waals surface area contributed by atoms with Gasteiger partial charge in [-0.1, -0.05) is 50.9 Å². The van der Waals surface area contributed by atoms with E-state index >= 15 is 0 Å². The number of hydrogen-bond acceptors (Lipinski definition) is 2. The third-order valence-corrected chi connectivity index (χ3v) is 8.24. The summed E-state index contributed by atoms with van der Waals surface area (Å²) < 4.78 is 5.38. The van der Waals surface area contributed by atoms with E-state index in [1.807, 2.05) is 6.07 Å². The third-order valence-electron chi connectivity index (χ3n) is 8.00. The molecule has 1 N–H and O–H groups in total. The lowest BCUT2D eigenvalue weighted by molar-refractivity contribution is -0.157. The summed E-state index contributed by atoms with van der Waals surface area (Å²) >= 11 is 6.45. The molecule has 31 heavy (non-hydrogen) atoms. The van der Waals surface area contributed by atoms with Gasteiger partial charge in [-0.05, 0) is 66.6 Å². The van der Waals surface area contributed by atoms with Crippen molar-refractivity contribution in [3.8, 4) is 11.3 Å². The molecule has 4 heteroatoms. The lowest BCUT2D eigenvalue weighted by Gasteiger charge is -2.54. The van der Waals surface area contributed by atoms with Crippen LogP contribution in [0.1, 0.15) is 75.5 Å². The fourth-order valence-corrected chi connectivity index (χ4v) is 6.69. The van der Waals surface area contributed by atoms with Gasteiger partial charge in [0.05, 0.1) is 18.2 Å². The Morgan fingerprint density at radius 2 is 1.94 bits per heavy atom. The lowest BCUT2D eigenvalue weighted by Crippen LogP contribution is -2.50. The molecule has 2 aliphatic rings. The van der Waals surface area contributed by atoms with Gasteiger partial charge in [0, 0.05) is 32.8 Å². The van der Waals surface area contributed by atoms with Crippen molar-refractivity contribution in [3.63, 3.8) is 0 Å². The van der Waals surface area contributed by atoms with Gasteiger partial charge in [-0.25, -0.2) is 0 Å². The van der Waals surface area contributed by atoms with Crippen LogP contribution in [0.5, 0.6) is 0 Å². The molecule has 0 bridgehead atoms. The summed E-state index contributed by atoms with van der Waals surface area (Å²) in [6, 6.07) is 13.0. The Balaban J connectivity index is 1.90. The van der Waals surface area contributed by atoms with Gasteiger partial charge in [-0.15, -0.1) is 0 Å². The smallest absolute Gasteiger partial charge is 0.312 e. The number of methoxy groups -OCH3 is 1. The minimum Gasteiger partial charge on any atom is -0.469 e. The van der Waals surface area contributed by atoms with Crippen LogP contribution in [-0.4, -0.2) is 18.1 Å². The Bertz CT molecular complexity index is 1210. The van der Waals surface area contributed by atoms with Crippen LogP contribution in [0.25, 0.3) is 22.2 Å². The topological polar surface area (TPSA) is 42.1 Å². The summed E-state index contributed by atoms with van der Waals surface area (Å²) in [5.41, 5.74) is 6.60. The van der Waals surface area contributed by atoms with Gasteiger partial charge in [-0.2, -0.15) is 0 Å². The van der Waals surface area contributed by atoms with E-state index in [4.69, 9.17) is 16.3 Å². The van der Waals surface area contributed by atoms with E-state index in [-0.39, 0.29) is 17.3 Å². The molecule has 0 amide bonds. The van der Waals surface area contributed by atoms with Crippen molar-refractivity contribution in [3.05, 3.63) is 58.1 Å². The minimum atomic E-state index is -0.595. The van der Waals surface area contributed by atoms with Crippen LogP contribution in [0.3, 0.4) is 0 Å². The largest absolute Gasteiger partial charge is 0.469 e. The number of aromatic amines is 1. The van der Waals surface area contributed by atoms with Gasteiger partial charge in [0.25, 0.3) is 0 Å². The number of rotatable bonds is 2. The van der Waals surface area contributed by atoms with E-state index in [2.05, 4.69) is 63.0 Å². The highest BCUT2D eigenvalue weighted by Gasteiger charge is 2.58. The number of esters is 1. The zero-order valence-electron chi connectivity index (χ0n) is 18.9. The maximum atomic E-state index is 13.2. The average Bonchev–Trinajstić information content (AvgIpc) is 3.11. The third kappa shape index (κ3) is 2.75. The molecule has 1 saturated carbocycles. The second-order valence-electron chi connectivity index (χ2n) is 10.2. The van der Waals surface area contributed by atoms with E-state index in [0.717, 1.165) is 35.9 Å². The highest BCUT2D eigenvalue weighted by molar-refractivity contribution is 6.31. The molecular weight excluding hydrogens is 406 g/mol. The molecular formula is C27H30ClNO2. The van der Waals surface area contributed by atoms with Gasteiger partial charge in [-0.3, -0.25) is 4.79 Å². The van der Waals surface area contributed by atoms with Crippen LogP contribution in [0.15, 0.2) is 36.4 Å². The summed E-state index contributed by atoms with van der Waals surface area (Å²) in [4.78, 5) is 16.9. The van der Waals surface area contributed by atoms with Crippen LogP contribution in [0, 0.1) is 5.41 Å². The molecule has 2 aromatic carbocycles. The fraction of sp³-hybridized carbons (Fsp3) is 0.444. The van der Waals surface area contributed by atoms with Crippen molar-refractivity contribution in [1.82, 2.24) is 4.98 Å². The van der Waals surface area contributed by atoms with Gasteiger partial charge >= 0.3 is 5.97 Å². The van der Waals surface area contributed by atoms with Gasteiger partial charge < -0.3 is 9.72 Å². The predicted octanol–water partition coefficient (Wildman–Crippen LogP) is 7.33. The monoisotopic (exact) mass is 435 g/mol. The Hall–Kier alpha value is -2.26. The van der Waals surface area contributed by atoms with E-state index in [0.29, 0.717) is 10.9 Å². The van der Waals surface area contributed by atoms with Crippen LogP contribution in [0.4, 0.5) is 0 Å². The molecule has 162 valence electrons. The number of H-pyrrole nitrogens is 1. The molecule has 0 saturated heterocycles. The molecule has 5 rings (SSSR count). The molecule has 1 aromatic heterocycles. The van der Waals surface area contributed by atoms with Crippen LogP contribution in [-0.2, 0) is 14.9 Å². The van der Waals surface area contributed by atoms with Gasteiger partial charge in [0.1, 0.15) is 0 Å². The lowest BCUT2D eigenvalue weighted by atomic mass is 9.49. The second kappa shape index (κ2) is 6.87. The first kappa shape index (κ1) is 20.6. The average molecular weight is 436 g/mol. The SMILES string of the molecule is COC(=O)[C@]1(C)CCC[C@]2(C)c3ccc(C(C)C)cc3-c3[nH]c4ccc(Cl)cc4c3C12. The van der Waals surface area contributed by atoms with Gasteiger partial charge in [0.15, 0.2) is 0 Å². The van der Waals surface area contributed by atoms with Crippen LogP contribution in [0.2, 0.25) is 5.02 Å². The van der Waals surface area contributed by atoms with Crippen LogP contribution >= 0.6 is 11.6 Å². The van der Waals surface area contributed by atoms with Crippen molar-refractivity contribution in [2.24, 2.45) is 5.41 Å². The number of aromatic nitrogens is 1. The van der Waals surface area contributed by atoms with Gasteiger partial charge in [0.2, 0.25) is 0 Å². The minimum absolute atomic E-state index is 0.0146. The van der Waals surface area contributed by atoms with Crippen molar-refractivity contribution < 1.29 is 9.53 Å².